The molecule has 3 rings (SSSR count). The monoisotopic (exact) mass is 429 g/mol. The molecule has 2 N–H and O–H groups in total. The number of nitrogens with one attached hydrogen (secondary N) is 1. The summed E-state index contributed by atoms with van der Waals surface area (Å²) < 4.78 is 0. The summed E-state index contributed by atoms with van der Waals surface area (Å²) in [6.45, 7) is 4.49. The third kappa shape index (κ3) is 5.06. The predicted octanol–water partition coefficient (Wildman–Crippen LogP) is 2.55. The second-order valence-corrected chi connectivity index (χ2v) is 8.47. The van der Waals surface area contributed by atoms with Crippen LogP contribution in [0.15, 0.2) is 24.3 Å². The van der Waals surface area contributed by atoms with E-state index in [1.165, 1.54) is 4.90 Å². The fourth-order valence-electron chi connectivity index (χ4n) is 4.24. The minimum Gasteiger partial charge on any atom is -0.480 e. The molecule has 2 heterocycles. The van der Waals surface area contributed by atoms with Gasteiger partial charge in [-0.3, -0.25) is 14.5 Å². The third-order valence-corrected chi connectivity index (χ3v) is 6.36. The number of carbonyl (C=O) groups is 4. The largest absolute Gasteiger partial charge is 0.480 e. The summed E-state index contributed by atoms with van der Waals surface area (Å²) in [4.78, 5) is 51.9. The smallest absolute Gasteiger partial charge is 0.327 e. The first-order chi connectivity index (χ1) is 14.8. The molecule has 0 spiro atoms. The van der Waals surface area contributed by atoms with Crippen molar-refractivity contribution in [1.82, 2.24) is 15.1 Å². The second-order valence-electron chi connectivity index (χ2n) is 8.47. The Labute approximate surface area is 182 Å². The molecular weight excluding hydrogens is 398 g/mol. The number of aliphatic carboxylic acids is 1. The summed E-state index contributed by atoms with van der Waals surface area (Å²) in [5, 5.41) is 11.9. The van der Waals surface area contributed by atoms with Gasteiger partial charge in [0.1, 0.15) is 12.1 Å². The Kier molecular flexibility index (Phi) is 7.30. The van der Waals surface area contributed by atoms with Gasteiger partial charge in [-0.25, -0.2) is 9.59 Å². The summed E-state index contributed by atoms with van der Waals surface area (Å²) in [6, 6.07) is 6.37. The standard InChI is InChI=1S/C23H31N3O5/c1-3-15(2)20(22(29)30)24-19(27)11-5-4-8-12-25-21(28)18-13-16-9-6-7-10-17(16)14-26(18)23(25)31/h6-7,9-10,15,18,20H,3-5,8,11-14H2,1-2H3,(H,24,27)(H,29,30)/t15-,18+,20+/m1/s1. The van der Waals surface area contributed by atoms with Crippen molar-refractivity contribution in [2.45, 2.75) is 71.0 Å². The Morgan fingerprint density at radius 1 is 1.16 bits per heavy atom. The quantitative estimate of drug-likeness (QED) is 0.439. The number of urea groups is 1. The Morgan fingerprint density at radius 3 is 2.55 bits per heavy atom. The number of unbranched alkanes of at least 4 members (excludes halogenated alkanes) is 2. The Bertz CT molecular complexity index is 812. The zero-order chi connectivity index (χ0) is 22.5. The maximum Gasteiger partial charge on any atom is 0.327 e. The molecule has 168 valence electrons. The van der Waals surface area contributed by atoms with Crippen LogP contribution in [-0.2, 0) is 27.3 Å². The Morgan fingerprint density at radius 2 is 1.87 bits per heavy atom. The van der Waals surface area contributed by atoms with E-state index in [1.54, 1.807) is 11.8 Å². The highest BCUT2D eigenvalue weighted by atomic mass is 16.4. The van der Waals surface area contributed by atoms with E-state index in [-0.39, 0.29) is 30.2 Å². The topological polar surface area (TPSA) is 107 Å². The summed E-state index contributed by atoms with van der Waals surface area (Å²) in [5.74, 6) is -1.59. The predicted molar refractivity (Wildman–Crippen MR) is 114 cm³/mol. The van der Waals surface area contributed by atoms with Gasteiger partial charge in [-0.05, 0) is 29.9 Å². The number of rotatable bonds is 10. The molecular formula is C23H31N3O5. The number of carbonyl (C=O) groups excluding carboxylic acids is 3. The normalized spacial score (nSPS) is 19.6. The highest BCUT2D eigenvalue weighted by molar-refractivity contribution is 6.04. The van der Waals surface area contributed by atoms with Gasteiger partial charge in [0.05, 0.1) is 0 Å². The van der Waals surface area contributed by atoms with Crippen LogP contribution in [0.25, 0.3) is 0 Å². The van der Waals surface area contributed by atoms with Crippen LogP contribution in [0.4, 0.5) is 4.79 Å². The van der Waals surface area contributed by atoms with Crippen LogP contribution in [-0.4, -0.2) is 57.3 Å². The number of nitrogens with zero attached hydrogens (tertiary/aromatic N) is 2. The minimum atomic E-state index is -1.02. The molecule has 1 fully saturated rings. The highest BCUT2D eigenvalue weighted by Gasteiger charge is 2.46. The van der Waals surface area contributed by atoms with E-state index in [2.05, 4.69) is 5.32 Å². The number of benzene rings is 1. The van der Waals surface area contributed by atoms with E-state index < -0.39 is 18.1 Å². The number of imide groups is 1. The molecule has 8 heteroatoms. The van der Waals surface area contributed by atoms with Gasteiger partial charge < -0.3 is 15.3 Å². The number of fused-ring (bicyclic) bond motifs is 2. The van der Waals surface area contributed by atoms with Gasteiger partial charge in [0, 0.05) is 25.9 Å². The fourth-order valence-corrected chi connectivity index (χ4v) is 4.24. The zero-order valence-corrected chi connectivity index (χ0v) is 18.2. The molecule has 0 unspecified atom stereocenters. The van der Waals surface area contributed by atoms with Gasteiger partial charge in [-0.2, -0.15) is 0 Å². The van der Waals surface area contributed by atoms with Crippen LogP contribution in [0.5, 0.6) is 0 Å². The molecule has 0 aromatic heterocycles. The van der Waals surface area contributed by atoms with E-state index in [0.29, 0.717) is 45.2 Å². The van der Waals surface area contributed by atoms with Crippen LogP contribution in [0, 0.1) is 5.92 Å². The van der Waals surface area contributed by atoms with Crippen molar-refractivity contribution in [1.29, 1.82) is 0 Å². The van der Waals surface area contributed by atoms with Gasteiger partial charge in [0.2, 0.25) is 5.91 Å². The first-order valence-corrected chi connectivity index (χ1v) is 11.0. The van der Waals surface area contributed by atoms with Crippen molar-refractivity contribution < 1.29 is 24.3 Å². The summed E-state index contributed by atoms with van der Waals surface area (Å²) in [7, 11) is 0. The number of carboxylic acid groups (broad SMARTS) is 1. The summed E-state index contributed by atoms with van der Waals surface area (Å²) in [6.07, 6.45) is 3.32. The minimum absolute atomic E-state index is 0.140. The van der Waals surface area contributed by atoms with Crippen LogP contribution in [0.1, 0.15) is 57.1 Å². The molecule has 0 saturated carbocycles. The molecule has 8 nitrogen and oxygen atoms in total. The van der Waals surface area contributed by atoms with Crippen molar-refractivity contribution in [2.24, 2.45) is 5.92 Å². The van der Waals surface area contributed by atoms with Crippen LogP contribution in [0.3, 0.4) is 0 Å². The lowest BCUT2D eigenvalue weighted by Crippen LogP contribution is -2.44. The van der Waals surface area contributed by atoms with Gasteiger partial charge in [0.25, 0.3) is 5.91 Å². The van der Waals surface area contributed by atoms with Crippen molar-refractivity contribution >= 4 is 23.8 Å². The molecule has 3 atom stereocenters. The maximum absolute atomic E-state index is 12.8. The highest BCUT2D eigenvalue weighted by Crippen LogP contribution is 2.30. The van der Waals surface area contributed by atoms with Gasteiger partial charge in [-0.1, -0.05) is 51.0 Å². The number of amides is 4. The van der Waals surface area contributed by atoms with E-state index in [0.717, 1.165) is 11.1 Å². The second kappa shape index (κ2) is 9.94. The van der Waals surface area contributed by atoms with Crippen molar-refractivity contribution in [3.8, 4) is 0 Å². The van der Waals surface area contributed by atoms with Gasteiger partial charge in [-0.15, -0.1) is 0 Å². The van der Waals surface area contributed by atoms with E-state index in [1.807, 2.05) is 31.2 Å². The molecule has 1 aromatic carbocycles. The average molecular weight is 430 g/mol. The Hall–Kier alpha value is -2.90. The zero-order valence-electron chi connectivity index (χ0n) is 18.2. The van der Waals surface area contributed by atoms with Crippen LogP contribution in [0.2, 0.25) is 0 Å². The first kappa shape index (κ1) is 22.8. The SMILES string of the molecule is CC[C@@H](C)[C@H](NC(=O)CCCCCN1C(=O)[C@@H]2Cc3ccccc3CN2C1=O)C(=O)O. The number of hydrogen-bond donors (Lipinski definition) is 2. The van der Waals surface area contributed by atoms with Crippen molar-refractivity contribution in [3.63, 3.8) is 0 Å². The van der Waals surface area contributed by atoms with Crippen LogP contribution < -0.4 is 5.32 Å². The lowest BCUT2D eigenvalue weighted by atomic mass is 9.95. The molecule has 1 aromatic rings. The first-order valence-electron chi connectivity index (χ1n) is 11.0. The lowest BCUT2D eigenvalue weighted by Gasteiger charge is -2.28. The molecule has 2 aliphatic heterocycles. The average Bonchev–Trinajstić information content (AvgIpc) is 2.99. The van der Waals surface area contributed by atoms with Crippen LogP contribution >= 0.6 is 0 Å². The maximum atomic E-state index is 12.8. The van der Waals surface area contributed by atoms with E-state index in [4.69, 9.17) is 0 Å². The summed E-state index contributed by atoms with van der Waals surface area (Å²) >= 11 is 0. The van der Waals surface area contributed by atoms with E-state index >= 15 is 0 Å². The lowest BCUT2D eigenvalue weighted by molar-refractivity contribution is -0.143. The molecule has 1 saturated heterocycles. The van der Waals surface area contributed by atoms with Gasteiger partial charge >= 0.3 is 12.0 Å². The van der Waals surface area contributed by atoms with Crippen molar-refractivity contribution in [2.75, 3.05) is 6.54 Å². The molecule has 2 aliphatic rings. The fraction of sp³-hybridized carbons (Fsp3) is 0.565. The Balaban J connectivity index is 1.42. The molecule has 0 radical (unpaired) electrons. The molecule has 31 heavy (non-hydrogen) atoms. The molecule has 0 bridgehead atoms. The summed E-state index contributed by atoms with van der Waals surface area (Å²) in [5.41, 5.74) is 2.21. The number of hydrogen-bond acceptors (Lipinski definition) is 4. The number of carboxylic acids is 1. The van der Waals surface area contributed by atoms with Crippen molar-refractivity contribution in [3.05, 3.63) is 35.4 Å². The molecule has 4 amide bonds. The van der Waals surface area contributed by atoms with E-state index in [9.17, 15) is 24.3 Å². The van der Waals surface area contributed by atoms with Gasteiger partial charge in [0.15, 0.2) is 0 Å². The molecule has 0 aliphatic carbocycles. The third-order valence-electron chi connectivity index (χ3n) is 6.36.